The molecule has 2 aromatic carbocycles. The summed E-state index contributed by atoms with van der Waals surface area (Å²) < 4.78 is 4.55. The average molecular weight is 421 g/mol. The molecule has 1 atom stereocenters. The summed E-state index contributed by atoms with van der Waals surface area (Å²) >= 11 is 1.46. The van der Waals surface area contributed by atoms with Gasteiger partial charge >= 0.3 is 0 Å². The van der Waals surface area contributed by atoms with E-state index in [1.807, 2.05) is 23.1 Å². The van der Waals surface area contributed by atoms with Crippen LogP contribution in [-0.2, 0) is 11.2 Å². The van der Waals surface area contributed by atoms with E-state index in [4.69, 9.17) is 4.98 Å². The van der Waals surface area contributed by atoms with E-state index in [9.17, 15) is 4.79 Å². The van der Waals surface area contributed by atoms with Gasteiger partial charge in [0.25, 0.3) is 0 Å². The first-order valence-corrected chi connectivity index (χ1v) is 11.4. The first-order chi connectivity index (χ1) is 14.6. The number of piperazine rings is 1. The number of nitrogens with zero attached hydrogens (tertiary/aromatic N) is 4. The lowest BCUT2D eigenvalue weighted by Gasteiger charge is -2.36. The quantitative estimate of drug-likeness (QED) is 0.597. The molecule has 1 aliphatic rings. The van der Waals surface area contributed by atoms with Gasteiger partial charge in [0.15, 0.2) is 0 Å². The van der Waals surface area contributed by atoms with Gasteiger partial charge in [-0.3, -0.25) is 4.79 Å². The highest BCUT2D eigenvalue weighted by Gasteiger charge is 2.28. The highest BCUT2D eigenvalue weighted by atomic mass is 32.1. The molecule has 0 spiro atoms. The van der Waals surface area contributed by atoms with Crippen LogP contribution in [0.25, 0.3) is 0 Å². The van der Waals surface area contributed by atoms with Crippen LogP contribution in [-0.4, -0.2) is 46.3 Å². The number of anilines is 1. The van der Waals surface area contributed by atoms with Gasteiger partial charge in [-0.15, -0.1) is 0 Å². The maximum Gasteiger partial charge on any atom is 0.230 e. The maximum absolute atomic E-state index is 13.1. The van der Waals surface area contributed by atoms with Crippen molar-refractivity contribution in [1.82, 2.24) is 14.3 Å². The molecule has 1 aromatic heterocycles. The second-order valence-corrected chi connectivity index (χ2v) is 8.57. The molecular weight excluding hydrogens is 392 g/mol. The number of hydrogen-bond donors (Lipinski definition) is 0. The minimum Gasteiger partial charge on any atom is -0.343 e. The van der Waals surface area contributed by atoms with Crippen LogP contribution in [0.3, 0.4) is 0 Å². The third kappa shape index (κ3) is 4.70. The number of amides is 1. The predicted molar refractivity (Wildman–Crippen MR) is 122 cm³/mol. The average Bonchev–Trinajstić information content (AvgIpc) is 3.25. The van der Waals surface area contributed by atoms with Crippen LogP contribution in [0.15, 0.2) is 54.6 Å². The summed E-state index contributed by atoms with van der Waals surface area (Å²) in [5.41, 5.74) is 3.60. The fourth-order valence-electron chi connectivity index (χ4n) is 3.91. The Morgan fingerprint density at radius 2 is 1.73 bits per heavy atom. The van der Waals surface area contributed by atoms with E-state index < -0.39 is 0 Å². The van der Waals surface area contributed by atoms with Crippen LogP contribution in [0, 0.1) is 6.92 Å². The molecule has 1 fully saturated rings. The van der Waals surface area contributed by atoms with Crippen LogP contribution in [0.4, 0.5) is 5.13 Å². The number of aromatic nitrogens is 2. The second kappa shape index (κ2) is 9.39. The van der Waals surface area contributed by atoms with Gasteiger partial charge < -0.3 is 9.80 Å². The Bertz CT molecular complexity index is 962. The highest BCUT2D eigenvalue weighted by Crippen LogP contribution is 2.25. The normalized spacial score (nSPS) is 15.3. The van der Waals surface area contributed by atoms with E-state index >= 15 is 0 Å². The molecule has 30 heavy (non-hydrogen) atoms. The smallest absolute Gasteiger partial charge is 0.230 e. The molecule has 0 N–H and O–H groups in total. The molecule has 5 nitrogen and oxygen atoms in total. The monoisotopic (exact) mass is 420 g/mol. The van der Waals surface area contributed by atoms with Gasteiger partial charge in [-0.05, 0) is 24.5 Å². The van der Waals surface area contributed by atoms with Gasteiger partial charge in [-0.25, -0.2) is 4.98 Å². The number of carbonyl (C=O) groups excluding carboxylic acids is 1. The van der Waals surface area contributed by atoms with Gasteiger partial charge in [-0.2, -0.15) is 4.37 Å². The van der Waals surface area contributed by atoms with Gasteiger partial charge in [0.1, 0.15) is 5.82 Å². The van der Waals surface area contributed by atoms with E-state index in [0.29, 0.717) is 0 Å². The fraction of sp³-hybridized carbons (Fsp3) is 0.375. The summed E-state index contributed by atoms with van der Waals surface area (Å²) in [6.45, 7) is 7.24. The fourth-order valence-corrected chi connectivity index (χ4v) is 4.65. The zero-order valence-corrected chi connectivity index (χ0v) is 18.4. The second-order valence-electron chi connectivity index (χ2n) is 7.84. The topological polar surface area (TPSA) is 49.3 Å². The molecule has 0 radical (unpaired) electrons. The molecule has 0 aliphatic carbocycles. The van der Waals surface area contributed by atoms with Crippen LogP contribution in [0.2, 0.25) is 0 Å². The maximum atomic E-state index is 13.1. The minimum absolute atomic E-state index is 0.0552. The van der Waals surface area contributed by atoms with Crippen molar-refractivity contribution < 1.29 is 4.79 Å². The van der Waals surface area contributed by atoms with Crippen molar-refractivity contribution in [2.75, 3.05) is 31.1 Å². The number of hydrogen-bond acceptors (Lipinski definition) is 5. The summed E-state index contributed by atoms with van der Waals surface area (Å²) in [5.74, 6) is 1.05. The zero-order chi connectivity index (χ0) is 20.9. The standard InChI is InChI=1S/C24H28N4OS/c1-3-21(20-7-5-4-6-8-20)23(29)27-13-15-28(16-14-27)24-25-22(26-30-24)17-19-11-9-18(2)10-12-19/h4-12,21H,3,13-17H2,1-2H3/t21-/m1/s1. The molecule has 1 aliphatic heterocycles. The van der Waals surface area contributed by atoms with Crippen molar-refractivity contribution in [1.29, 1.82) is 0 Å². The number of aryl methyl sites for hydroxylation is 1. The molecule has 3 aromatic rings. The third-order valence-corrected chi connectivity index (χ3v) is 6.53. The van der Waals surface area contributed by atoms with Gasteiger partial charge in [0.05, 0.1) is 5.92 Å². The molecular formula is C24H28N4OS. The van der Waals surface area contributed by atoms with Crippen LogP contribution >= 0.6 is 11.5 Å². The van der Waals surface area contributed by atoms with Crippen molar-refractivity contribution in [3.05, 3.63) is 77.1 Å². The summed E-state index contributed by atoms with van der Waals surface area (Å²) in [6.07, 6.45) is 1.58. The number of benzene rings is 2. The molecule has 2 heterocycles. The lowest BCUT2D eigenvalue weighted by molar-refractivity contribution is -0.133. The molecule has 0 bridgehead atoms. The van der Waals surface area contributed by atoms with E-state index in [1.54, 1.807) is 0 Å². The Balaban J connectivity index is 1.35. The van der Waals surface area contributed by atoms with Gasteiger partial charge in [0, 0.05) is 44.1 Å². The Hall–Kier alpha value is -2.73. The molecule has 1 saturated heterocycles. The van der Waals surface area contributed by atoms with Crippen LogP contribution in [0.5, 0.6) is 0 Å². The van der Waals surface area contributed by atoms with Gasteiger partial charge in [-0.1, -0.05) is 67.1 Å². The molecule has 4 rings (SSSR count). The van der Waals surface area contributed by atoms with Crippen molar-refractivity contribution >= 4 is 22.6 Å². The molecule has 6 heteroatoms. The van der Waals surface area contributed by atoms with Crippen molar-refractivity contribution in [2.24, 2.45) is 0 Å². The lowest BCUT2D eigenvalue weighted by atomic mass is 9.95. The lowest BCUT2D eigenvalue weighted by Crippen LogP contribution is -2.50. The van der Waals surface area contributed by atoms with E-state index in [2.05, 4.69) is 59.5 Å². The minimum atomic E-state index is -0.0552. The number of carbonyl (C=O) groups is 1. The first kappa shape index (κ1) is 20.5. The Morgan fingerprint density at radius 1 is 1.03 bits per heavy atom. The summed E-state index contributed by atoms with van der Waals surface area (Å²) in [4.78, 5) is 22.1. The Morgan fingerprint density at radius 3 is 2.40 bits per heavy atom. The third-order valence-electron chi connectivity index (χ3n) is 5.71. The van der Waals surface area contributed by atoms with Crippen molar-refractivity contribution in [3.8, 4) is 0 Å². The SMILES string of the molecule is CC[C@@H](C(=O)N1CCN(c2nc(Cc3ccc(C)cc3)ns2)CC1)c1ccccc1. The molecule has 1 amide bonds. The van der Waals surface area contributed by atoms with Crippen LogP contribution < -0.4 is 4.90 Å². The van der Waals surface area contributed by atoms with Crippen LogP contribution in [0.1, 0.15) is 41.8 Å². The number of rotatable bonds is 6. The van der Waals surface area contributed by atoms with E-state index in [1.165, 1.54) is 22.7 Å². The molecule has 0 unspecified atom stereocenters. The molecule has 156 valence electrons. The van der Waals surface area contributed by atoms with Crippen molar-refractivity contribution in [2.45, 2.75) is 32.6 Å². The predicted octanol–water partition coefficient (Wildman–Crippen LogP) is 4.28. The van der Waals surface area contributed by atoms with E-state index in [-0.39, 0.29) is 11.8 Å². The van der Waals surface area contributed by atoms with E-state index in [0.717, 1.165) is 55.5 Å². The van der Waals surface area contributed by atoms with Gasteiger partial charge in [0.2, 0.25) is 11.0 Å². The highest BCUT2D eigenvalue weighted by molar-refractivity contribution is 7.09. The summed E-state index contributed by atoms with van der Waals surface area (Å²) in [7, 11) is 0. The Kier molecular flexibility index (Phi) is 6.43. The zero-order valence-electron chi connectivity index (χ0n) is 17.6. The summed E-state index contributed by atoms with van der Waals surface area (Å²) in [5, 5.41) is 0.958. The summed E-state index contributed by atoms with van der Waals surface area (Å²) in [6, 6.07) is 18.6. The van der Waals surface area contributed by atoms with Crippen molar-refractivity contribution in [3.63, 3.8) is 0 Å². The largest absolute Gasteiger partial charge is 0.343 e. The first-order valence-electron chi connectivity index (χ1n) is 10.6. The molecule has 0 saturated carbocycles. The Labute approximate surface area is 182 Å².